The molecule has 2 saturated heterocycles. The van der Waals surface area contributed by atoms with Gasteiger partial charge in [0.15, 0.2) is 5.13 Å². The second kappa shape index (κ2) is 5.98. The standard InChI is InChI=1S/C13H19N3O2S/c17-12(10-3-6-18-8-10)16-13-15-7-11(19-13)9-1-4-14-5-2-9/h7,9-10,14H,1-6,8H2,(H,15,16,17). The van der Waals surface area contributed by atoms with Crippen LogP contribution in [-0.4, -0.2) is 37.2 Å². The van der Waals surface area contributed by atoms with Gasteiger partial charge >= 0.3 is 0 Å². The number of nitrogens with one attached hydrogen (secondary N) is 2. The lowest BCUT2D eigenvalue weighted by molar-refractivity contribution is -0.119. The molecular formula is C13H19N3O2S. The Bertz CT molecular complexity index is 437. The van der Waals surface area contributed by atoms with Crippen molar-refractivity contribution in [3.8, 4) is 0 Å². The highest BCUT2D eigenvalue weighted by Crippen LogP contribution is 2.32. The lowest BCUT2D eigenvalue weighted by Crippen LogP contribution is -2.26. The van der Waals surface area contributed by atoms with E-state index in [-0.39, 0.29) is 11.8 Å². The van der Waals surface area contributed by atoms with Crippen molar-refractivity contribution in [2.45, 2.75) is 25.2 Å². The van der Waals surface area contributed by atoms with E-state index in [1.165, 1.54) is 4.88 Å². The predicted octanol–water partition coefficient (Wildman–Crippen LogP) is 1.59. The summed E-state index contributed by atoms with van der Waals surface area (Å²) in [7, 11) is 0. The topological polar surface area (TPSA) is 63.2 Å². The molecule has 5 nitrogen and oxygen atoms in total. The maximum atomic E-state index is 12.0. The van der Waals surface area contributed by atoms with Gasteiger partial charge in [-0.15, -0.1) is 11.3 Å². The van der Waals surface area contributed by atoms with Gasteiger partial charge in [-0.2, -0.15) is 0 Å². The lowest BCUT2D eigenvalue weighted by Gasteiger charge is -2.20. The highest BCUT2D eigenvalue weighted by molar-refractivity contribution is 7.15. The molecule has 1 unspecified atom stereocenters. The number of nitrogens with zero attached hydrogens (tertiary/aromatic N) is 1. The molecule has 0 saturated carbocycles. The molecule has 6 heteroatoms. The van der Waals surface area contributed by atoms with Gasteiger partial charge in [0.25, 0.3) is 0 Å². The van der Waals surface area contributed by atoms with Crippen LogP contribution < -0.4 is 10.6 Å². The average Bonchev–Trinajstić information content (AvgIpc) is 3.11. The van der Waals surface area contributed by atoms with E-state index in [1.807, 2.05) is 6.20 Å². The third kappa shape index (κ3) is 3.13. The number of ether oxygens (including phenoxy) is 1. The van der Waals surface area contributed by atoms with E-state index in [4.69, 9.17) is 4.74 Å². The number of anilines is 1. The summed E-state index contributed by atoms with van der Waals surface area (Å²) in [5.41, 5.74) is 0. The zero-order chi connectivity index (χ0) is 13.1. The van der Waals surface area contributed by atoms with E-state index >= 15 is 0 Å². The van der Waals surface area contributed by atoms with Crippen molar-refractivity contribution in [2.75, 3.05) is 31.6 Å². The number of rotatable bonds is 3. The van der Waals surface area contributed by atoms with Gasteiger partial charge in [0.05, 0.1) is 12.5 Å². The van der Waals surface area contributed by atoms with Gasteiger partial charge in [0, 0.05) is 17.7 Å². The highest BCUT2D eigenvalue weighted by atomic mass is 32.1. The molecular weight excluding hydrogens is 262 g/mol. The molecule has 0 bridgehead atoms. The molecule has 1 amide bonds. The quantitative estimate of drug-likeness (QED) is 0.883. The summed E-state index contributed by atoms with van der Waals surface area (Å²) < 4.78 is 5.23. The minimum atomic E-state index is -0.00812. The van der Waals surface area contributed by atoms with E-state index in [2.05, 4.69) is 15.6 Å². The Kier molecular flexibility index (Phi) is 4.10. The third-order valence-electron chi connectivity index (χ3n) is 3.80. The van der Waals surface area contributed by atoms with Crippen LogP contribution in [0.25, 0.3) is 0 Å². The first-order chi connectivity index (χ1) is 9.33. The molecule has 1 aromatic rings. The SMILES string of the molecule is O=C(Nc1ncc(C2CCNCC2)s1)C1CCOC1. The van der Waals surface area contributed by atoms with Crippen LogP contribution in [-0.2, 0) is 9.53 Å². The first kappa shape index (κ1) is 13.0. The molecule has 2 fully saturated rings. The Morgan fingerprint density at radius 2 is 2.26 bits per heavy atom. The van der Waals surface area contributed by atoms with Gasteiger partial charge in [-0.1, -0.05) is 0 Å². The van der Waals surface area contributed by atoms with E-state index < -0.39 is 0 Å². The Balaban J connectivity index is 1.59. The molecule has 2 aliphatic heterocycles. The largest absolute Gasteiger partial charge is 0.381 e. The molecule has 1 aromatic heterocycles. The maximum absolute atomic E-state index is 12.0. The highest BCUT2D eigenvalue weighted by Gasteiger charge is 2.25. The molecule has 2 aliphatic rings. The fourth-order valence-electron chi connectivity index (χ4n) is 2.59. The normalized spacial score (nSPS) is 24.5. The van der Waals surface area contributed by atoms with Crippen molar-refractivity contribution >= 4 is 22.4 Å². The van der Waals surface area contributed by atoms with Gasteiger partial charge in [0.1, 0.15) is 0 Å². The number of aromatic nitrogens is 1. The molecule has 0 radical (unpaired) electrons. The number of carbonyl (C=O) groups excluding carboxylic acids is 1. The number of hydrogen-bond donors (Lipinski definition) is 2. The Morgan fingerprint density at radius 1 is 1.42 bits per heavy atom. The average molecular weight is 281 g/mol. The van der Waals surface area contributed by atoms with E-state index in [0.717, 1.165) is 37.5 Å². The number of carbonyl (C=O) groups is 1. The van der Waals surface area contributed by atoms with E-state index in [9.17, 15) is 4.79 Å². The van der Waals surface area contributed by atoms with Crippen molar-refractivity contribution in [3.63, 3.8) is 0 Å². The third-order valence-corrected chi connectivity index (χ3v) is 4.87. The van der Waals surface area contributed by atoms with Gasteiger partial charge < -0.3 is 15.4 Å². The van der Waals surface area contributed by atoms with Crippen molar-refractivity contribution < 1.29 is 9.53 Å². The molecule has 0 aliphatic carbocycles. The second-order valence-electron chi connectivity index (χ2n) is 5.14. The minimum absolute atomic E-state index is 0.00812. The zero-order valence-corrected chi connectivity index (χ0v) is 11.7. The lowest BCUT2D eigenvalue weighted by atomic mass is 9.97. The monoisotopic (exact) mass is 281 g/mol. The van der Waals surface area contributed by atoms with Crippen molar-refractivity contribution in [1.82, 2.24) is 10.3 Å². The summed E-state index contributed by atoms with van der Waals surface area (Å²) in [6, 6.07) is 0. The number of hydrogen-bond acceptors (Lipinski definition) is 5. The van der Waals surface area contributed by atoms with Crippen LogP contribution in [0.4, 0.5) is 5.13 Å². The van der Waals surface area contributed by atoms with E-state index in [1.54, 1.807) is 11.3 Å². The Morgan fingerprint density at radius 3 is 3.00 bits per heavy atom. The van der Waals surface area contributed by atoms with Crippen LogP contribution in [0.1, 0.15) is 30.1 Å². The van der Waals surface area contributed by atoms with Gasteiger partial charge in [-0.05, 0) is 38.3 Å². The number of thiazole rings is 1. The molecule has 3 heterocycles. The first-order valence-corrected chi connectivity index (χ1v) is 7.69. The zero-order valence-electron chi connectivity index (χ0n) is 10.9. The van der Waals surface area contributed by atoms with Crippen LogP contribution in [0, 0.1) is 5.92 Å². The molecule has 0 aromatic carbocycles. The van der Waals surface area contributed by atoms with Gasteiger partial charge in [-0.3, -0.25) is 4.79 Å². The Labute approximate surface area is 116 Å². The summed E-state index contributed by atoms with van der Waals surface area (Å²) in [5, 5.41) is 7.00. The summed E-state index contributed by atoms with van der Waals surface area (Å²) in [4.78, 5) is 17.6. The maximum Gasteiger partial charge on any atom is 0.231 e. The number of piperidine rings is 1. The fourth-order valence-corrected chi connectivity index (χ4v) is 3.58. The first-order valence-electron chi connectivity index (χ1n) is 6.88. The van der Waals surface area contributed by atoms with Crippen molar-refractivity contribution in [1.29, 1.82) is 0 Å². The van der Waals surface area contributed by atoms with Gasteiger partial charge in [-0.25, -0.2) is 4.98 Å². The predicted molar refractivity (Wildman–Crippen MR) is 74.5 cm³/mol. The molecule has 104 valence electrons. The van der Waals surface area contributed by atoms with Crippen molar-refractivity contribution in [3.05, 3.63) is 11.1 Å². The Hall–Kier alpha value is -0.980. The van der Waals surface area contributed by atoms with Crippen LogP contribution in [0.15, 0.2) is 6.20 Å². The molecule has 1 atom stereocenters. The van der Waals surface area contributed by atoms with Crippen LogP contribution in [0.3, 0.4) is 0 Å². The smallest absolute Gasteiger partial charge is 0.231 e. The summed E-state index contributed by atoms with van der Waals surface area (Å²) >= 11 is 1.61. The van der Waals surface area contributed by atoms with Crippen LogP contribution in [0.5, 0.6) is 0 Å². The van der Waals surface area contributed by atoms with Crippen molar-refractivity contribution in [2.24, 2.45) is 5.92 Å². The van der Waals surface area contributed by atoms with Crippen LogP contribution in [0.2, 0.25) is 0 Å². The second-order valence-corrected chi connectivity index (χ2v) is 6.20. The summed E-state index contributed by atoms with van der Waals surface area (Å²) in [6.07, 6.45) is 5.05. The minimum Gasteiger partial charge on any atom is -0.381 e. The fraction of sp³-hybridized carbons (Fsp3) is 0.692. The summed E-state index contributed by atoms with van der Waals surface area (Å²) in [5.74, 6) is 0.633. The summed E-state index contributed by atoms with van der Waals surface area (Å²) in [6.45, 7) is 3.38. The number of amides is 1. The molecule has 19 heavy (non-hydrogen) atoms. The van der Waals surface area contributed by atoms with Gasteiger partial charge in [0.2, 0.25) is 5.91 Å². The molecule has 0 spiro atoms. The van der Waals surface area contributed by atoms with Crippen LogP contribution >= 0.6 is 11.3 Å². The molecule has 3 rings (SSSR count). The van der Waals surface area contributed by atoms with E-state index in [0.29, 0.717) is 19.1 Å². The molecule has 2 N–H and O–H groups in total.